The number of hydrogen-bond acceptors (Lipinski definition) is 4. The van der Waals surface area contributed by atoms with Crippen molar-refractivity contribution in [1.82, 2.24) is 9.97 Å². The average molecular weight is 242 g/mol. The number of benzene rings is 1. The number of hydrogen-bond donors (Lipinski definition) is 0. The molecule has 1 aromatic heterocycles. The van der Waals surface area contributed by atoms with Gasteiger partial charge in [-0.05, 0) is 36.6 Å². The summed E-state index contributed by atoms with van der Waals surface area (Å²) in [4.78, 5) is 8.38. The maximum Gasteiger partial charge on any atom is 0.142 e. The van der Waals surface area contributed by atoms with Gasteiger partial charge in [-0.2, -0.15) is 0 Å². The van der Waals surface area contributed by atoms with Gasteiger partial charge in [0.1, 0.15) is 17.6 Å². The summed E-state index contributed by atoms with van der Waals surface area (Å²) in [5.41, 5.74) is 2.08. The largest absolute Gasteiger partial charge is 0.497 e. The minimum absolute atomic E-state index is 0.000375. The van der Waals surface area contributed by atoms with Gasteiger partial charge in [-0.25, -0.2) is 0 Å². The van der Waals surface area contributed by atoms with Gasteiger partial charge >= 0.3 is 0 Å². The van der Waals surface area contributed by atoms with Gasteiger partial charge in [-0.1, -0.05) is 0 Å². The maximum atomic E-state index is 5.96. The van der Waals surface area contributed by atoms with Gasteiger partial charge in [-0.15, -0.1) is 0 Å². The van der Waals surface area contributed by atoms with Crippen molar-refractivity contribution in [2.75, 3.05) is 7.11 Å². The summed E-state index contributed by atoms with van der Waals surface area (Å²) in [5, 5.41) is 0. The number of ether oxygens (including phenoxy) is 2. The van der Waals surface area contributed by atoms with Crippen molar-refractivity contribution in [2.45, 2.75) is 18.9 Å². The maximum absolute atomic E-state index is 5.96. The van der Waals surface area contributed by atoms with E-state index in [2.05, 4.69) is 9.97 Å². The zero-order chi connectivity index (χ0) is 12.4. The van der Waals surface area contributed by atoms with E-state index in [0.717, 1.165) is 30.0 Å². The molecule has 0 unspecified atom stereocenters. The van der Waals surface area contributed by atoms with E-state index in [0.29, 0.717) is 0 Å². The lowest BCUT2D eigenvalue weighted by atomic mass is 10.0. The summed E-state index contributed by atoms with van der Waals surface area (Å²) in [6, 6.07) is 5.90. The molecule has 1 aromatic carbocycles. The number of aryl methyl sites for hydroxylation is 1. The third-order valence-electron chi connectivity index (χ3n) is 3.13. The second kappa shape index (κ2) is 4.64. The first kappa shape index (κ1) is 11.0. The van der Waals surface area contributed by atoms with Gasteiger partial charge in [0.15, 0.2) is 0 Å². The molecule has 0 aliphatic carbocycles. The lowest BCUT2D eigenvalue weighted by Gasteiger charge is -2.25. The highest BCUT2D eigenvalue weighted by Crippen LogP contribution is 2.35. The molecule has 0 spiro atoms. The number of methoxy groups -OCH3 is 1. The Morgan fingerprint density at radius 1 is 1.33 bits per heavy atom. The smallest absolute Gasteiger partial charge is 0.142 e. The van der Waals surface area contributed by atoms with Crippen molar-refractivity contribution in [1.29, 1.82) is 0 Å². The number of aromatic nitrogens is 2. The predicted molar refractivity (Wildman–Crippen MR) is 66.7 cm³/mol. The fraction of sp³-hybridized carbons (Fsp3) is 0.286. The van der Waals surface area contributed by atoms with Crippen LogP contribution in [-0.4, -0.2) is 17.1 Å². The SMILES string of the molecule is COc1ccc2c(c1)CC[C@@H](c1cnccn1)O2. The Balaban J connectivity index is 1.85. The van der Waals surface area contributed by atoms with Crippen LogP contribution in [0.2, 0.25) is 0 Å². The average Bonchev–Trinajstić information content (AvgIpc) is 2.47. The molecule has 2 heterocycles. The van der Waals surface area contributed by atoms with E-state index in [-0.39, 0.29) is 6.10 Å². The van der Waals surface area contributed by atoms with E-state index < -0.39 is 0 Å². The summed E-state index contributed by atoms with van der Waals surface area (Å²) >= 11 is 0. The van der Waals surface area contributed by atoms with Gasteiger partial charge in [-0.3, -0.25) is 9.97 Å². The molecule has 0 bridgehead atoms. The fourth-order valence-electron chi connectivity index (χ4n) is 2.18. The summed E-state index contributed by atoms with van der Waals surface area (Å²) in [6.07, 6.45) is 7.01. The molecule has 0 radical (unpaired) electrons. The Bertz CT molecular complexity index is 543. The molecule has 4 nitrogen and oxygen atoms in total. The van der Waals surface area contributed by atoms with Crippen LogP contribution in [0.5, 0.6) is 11.5 Å². The standard InChI is InChI=1S/C14H14N2O2/c1-17-11-3-5-13-10(8-11)2-4-14(18-13)12-9-15-6-7-16-12/h3,5-9,14H,2,4H2,1H3/t14-/m0/s1. The summed E-state index contributed by atoms with van der Waals surface area (Å²) < 4.78 is 11.2. The molecule has 2 aromatic rings. The molecule has 1 aliphatic heterocycles. The normalized spacial score (nSPS) is 17.7. The summed E-state index contributed by atoms with van der Waals surface area (Å²) in [6.45, 7) is 0. The van der Waals surface area contributed by atoms with Crippen LogP contribution >= 0.6 is 0 Å². The molecular formula is C14H14N2O2. The van der Waals surface area contributed by atoms with Gasteiger partial charge in [0.25, 0.3) is 0 Å². The van der Waals surface area contributed by atoms with Gasteiger partial charge in [0.2, 0.25) is 0 Å². The lowest BCUT2D eigenvalue weighted by Crippen LogP contribution is -2.16. The highest BCUT2D eigenvalue weighted by Gasteiger charge is 2.22. The van der Waals surface area contributed by atoms with Gasteiger partial charge in [0.05, 0.1) is 19.0 Å². The van der Waals surface area contributed by atoms with Crippen molar-refractivity contribution in [3.63, 3.8) is 0 Å². The molecule has 92 valence electrons. The van der Waals surface area contributed by atoms with Crippen molar-refractivity contribution in [3.8, 4) is 11.5 Å². The fourth-order valence-corrected chi connectivity index (χ4v) is 2.18. The van der Waals surface area contributed by atoms with Crippen molar-refractivity contribution >= 4 is 0 Å². The van der Waals surface area contributed by atoms with E-state index in [9.17, 15) is 0 Å². The Hall–Kier alpha value is -2.10. The zero-order valence-electron chi connectivity index (χ0n) is 10.2. The molecular weight excluding hydrogens is 228 g/mol. The van der Waals surface area contributed by atoms with E-state index in [1.54, 1.807) is 25.7 Å². The molecule has 0 N–H and O–H groups in total. The molecule has 3 rings (SSSR count). The summed E-state index contributed by atoms with van der Waals surface area (Å²) in [7, 11) is 1.67. The van der Waals surface area contributed by atoms with Gasteiger partial charge < -0.3 is 9.47 Å². The van der Waals surface area contributed by atoms with Crippen molar-refractivity contribution < 1.29 is 9.47 Å². The molecule has 1 atom stereocenters. The number of fused-ring (bicyclic) bond motifs is 1. The van der Waals surface area contributed by atoms with Crippen LogP contribution in [0.4, 0.5) is 0 Å². The molecule has 0 amide bonds. The molecule has 18 heavy (non-hydrogen) atoms. The topological polar surface area (TPSA) is 44.2 Å². The third kappa shape index (κ3) is 2.01. The molecule has 4 heteroatoms. The van der Waals surface area contributed by atoms with Crippen molar-refractivity contribution in [2.24, 2.45) is 0 Å². The minimum atomic E-state index is -0.000375. The molecule has 0 saturated heterocycles. The van der Waals surface area contributed by atoms with Crippen molar-refractivity contribution in [3.05, 3.63) is 48.0 Å². The van der Waals surface area contributed by atoms with Crippen LogP contribution in [0.1, 0.15) is 23.8 Å². The minimum Gasteiger partial charge on any atom is -0.497 e. The van der Waals surface area contributed by atoms with E-state index in [4.69, 9.17) is 9.47 Å². The first-order chi connectivity index (χ1) is 8.86. The Morgan fingerprint density at radius 2 is 2.28 bits per heavy atom. The first-order valence-corrected chi connectivity index (χ1v) is 5.96. The second-order valence-electron chi connectivity index (χ2n) is 4.25. The number of rotatable bonds is 2. The summed E-state index contributed by atoms with van der Waals surface area (Å²) in [5.74, 6) is 1.79. The Labute approximate surface area is 106 Å². The lowest BCUT2D eigenvalue weighted by molar-refractivity contribution is 0.171. The van der Waals surface area contributed by atoms with Crippen LogP contribution < -0.4 is 9.47 Å². The third-order valence-corrected chi connectivity index (χ3v) is 3.13. The highest BCUT2D eigenvalue weighted by molar-refractivity contribution is 5.42. The van der Waals surface area contributed by atoms with E-state index >= 15 is 0 Å². The van der Waals surface area contributed by atoms with E-state index in [1.807, 2.05) is 18.2 Å². The highest BCUT2D eigenvalue weighted by atomic mass is 16.5. The monoisotopic (exact) mass is 242 g/mol. The quantitative estimate of drug-likeness (QED) is 0.811. The van der Waals surface area contributed by atoms with Gasteiger partial charge in [0, 0.05) is 12.4 Å². The molecule has 0 saturated carbocycles. The zero-order valence-corrected chi connectivity index (χ0v) is 10.2. The van der Waals surface area contributed by atoms with Crippen LogP contribution in [0.15, 0.2) is 36.8 Å². The number of nitrogens with zero attached hydrogens (tertiary/aromatic N) is 2. The van der Waals surface area contributed by atoms with Crippen LogP contribution in [0, 0.1) is 0 Å². The Kier molecular flexibility index (Phi) is 2.84. The molecule has 1 aliphatic rings. The predicted octanol–water partition coefficient (Wildman–Crippen LogP) is 2.55. The Morgan fingerprint density at radius 3 is 3.06 bits per heavy atom. The second-order valence-corrected chi connectivity index (χ2v) is 4.25. The first-order valence-electron chi connectivity index (χ1n) is 5.96. The van der Waals surface area contributed by atoms with Crippen LogP contribution in [0.3, 0.4) is 0 Å². The van der Waals surface area contributed by atoms with Crippen LogP contribution in [-0.2, 0) is 6.42 Å². The van der Waals surface area contributed by atoms with Crippen LogP contribution in [0.25, 0.3) is 0 Å². The van der Waals surface area contributed by atoms with E-state index in [1.165, 1.54) is 5.56 Å². The molecule has 0 fully saturated rings.